The van der Waals surface area contributed by atoms with Gasteiger partial charge in [0.05, 0.1) is 33.5 Å². The second kappa shape index (κ2) is 10.0. The number of rotatable bonds is 5. The van der Waals surface area contributed by atoms with Crippen LogP contribution in [0.4, 0.5) is 5.69 Å². The molecule has 0 bridgehead atoms. The molecule has 7 rings (SSSR count). The highest BCUT2D eigenvalue weighted by Gasteiger charge is 2.37. The summed E-state index contributed by atoms with van der Waals surface area (Å²) in [6.07, 6.45) is 0. The molecule has 5 aromatic rings. The fraction of sp³-hybridized carbons (Fsp3) is 0. The molecule has 43 heavy (non-hydrogen) atoms. The van der Waals surface area contributed by atoms with E-state index >= 15 is 0 Å². The van der Waals surface area contributed by atoms with E-state index in [0.29, 0.717) is 28.1 Å². The Morgan fingerprint density at radius 1 is 0.535 bits per heavy atom. The maximum atomic E-state index is 13.4. The van der Waals surface area contributed by atoms with Crippen LogP contribution < -0.4 is 15.0 Å². The van der Waals surface area contributed by atoms with Gasteiger partial charge in [0.15, 0.2) is 0 Å². The standard InChI is InChI=1S/C35H20N2O6/c38-31-26-16-12-22(18-28(26)32(39)36-31)23-13-17-27-29(19-23)34(41)37(33(27)40)24-14-10-21(11-15-24)35(42)43-30-9-5-4-8-25(30)20-6-2-1-3-7-20/h1-19H,(H,36,38,39). The van der Waals surface area contributed by atoms with Crippen molar-refractivity contribution >= 4 is 35.3 Å². The van der Waals surface area contributed by atoms with Crippen molar-refractivity contribution < 1.29 is 28.7 Å². The van der Waals surface area contributed by atoms with Crippen LogP contribution in [-0.2, 0) is 0 Å². The molecule has 2 aliphatic rings. The van der Waals surface area contributed by atoms with Gasteiger partial charge in [0.25, 0.3) is 23.6 Å². The first-order chi connectivity index (χ1) is 20.9. The van der Waals surface area contributed by atoms with E-state index < -0.39 is 29.6 Å². The molecule has 0 aromatic heterocycles. The number of amides is 4. The molecule has 8 heteroatoms. The number of anilines is 1. The van der Waals surface area contributed by atoms with Crippen LogP contribution in [0.5, 0.6) is 5.75 Å². The summed E-state index contributed by atoms with van der Waals surface area (Å²) in [5, 5.41) is 2.26. The minimum atomic E-state index is -0.577. The molecule has 5 aromatic carbocycles. The van der Waals surface area contributed by atoms with E-state index in [0.717, 1.165) is 16.0 Å². The Bertz CT molecular complexity index is 2010. The van der Waals surface area contributed by atoms with Crippen LogP contribution in [0.2, 0.25) is 0 Å². The predicted octanol–water partition coefficient (Wildman–Crippen LogP) is 5.92. The van der Waals surface area contributed by atoms with Crippen LogP contribution >= 0.6 is 0 Å². The van der Waals surface area contributed by atoms with E-state index in [1.165, 1.54) is 24.3 Å². The maximum absolute atomic E-state index is 13.4. The summed E-state index contributed by atoms with van der Waals surface area (Å²) >= 11 is 0. The Labute approximate surface area is 245 Å². The number of imide groups is 2. The van der Waals surface area contributed by atoms with E-state index in [-0.39, 0.29) is 22.3 Å². The maximum Gasteiger partial charge on any atom is 0.343 e. The summed E-state index contributed by atoms with van der Waals surface area (Å²) < 4.78 is 5.71. The van der Waals surface area contributed by atoms with Gasteiger partial charge in [-0.3, -0.25) is 24.5 Å². The molecule has 0 fully saturated rings. The van der Waals surface area contributed by atoms with Crippen molar-refractivity contribution in [1.29, 1.82) is 0 Å². The lowest BCUT2D eigenvalue weighted by Gasteiger charge is -2.14. The summed E-state index contributed by atoms with van der Waals surface area (Å²) in [5.41, 5.74) is 4.49. The van der Waals surface area contributed by atoms with E-state index in [1.54, 1.807) is 48.5 Å². The largest absolute Gasteiger partial charge is 0.422 e. The number of para-hydroxylation sites is 1. The van der Waals surface area contributed by atoms with Gasteiger partial charge in [0.1, 0.15) is 5.75 Å². The molecule has 0 atom stereocenters. The highest BCUT2D eigenvalue weighted by molar-refractivity contribution is 6.34. The summed E-state index contributed by atoms with van der Waals surface area (Å²) in [7, 11) is 0. The van der Waals surface area contributed by atoms with Gasteiger partial charge in [-0.1, -0.05) is 60.7 Å². The molecule has 0 aliphatic carbocycles. The van der Waals surface area contributed by atoms with E-state index in [1.807, 2.05) is 42.5 Å². The zero-order chi connectivity index (χ0) is 29.7. The first-order valence-corrected chi connectivity index (χ1v) is 13.4. The normalized spacial score (nSPS) is 13.5. The van der Waals surface area contributed by atoms with E-state index in [4.69, 9.17) is 4.74 Å². The van der Waals surface area contributed by atoms with Crippen LogP contribution in [0.25, 0.3) is 22.3 Å². The Hall–Kier alpha value is -6.15. The second-order valence-electron chi connectivity index (χ2n) is 10.0. The van der Waals surface area contributed by atoms with Crippen molar-refractivity contribution in [2.75, 3.05) is 4.90 Å². The minimum Gasteiger partial charge on any atom is -0.422 e. The molecule has 1 N–H and O–H groups in total. The molecule has 206 valence electrons. The summed E-state index contributed by atoms with van der Waals surface area (Å²) in [6.45, 7) is 0. The summed E-state index contributed by atoms with van der Waals surface area (Å²) in [4.78, 5) is 64.7. The number of fused-ring (bicyclic) bond motifs is 2. The Kier molecular flexibility index (Phi) is 6.02. The highest BCUT2D eigenvalue weighted by Crippen LogP contribution is 2.34. The molecule has 2 aliphatic heterocycles. The minimum absolute atomic E-state index is 0.213. The highest BCUT2D eigenvalue weighted by atomic mass is 16.5. The zero-order valence-corrected chi connectivity index (χ0v) is 22.4. The molecule has 2 heterocycles. The van der Waals surface area contributed by atoms with Gasteiger partial charge in [0.2, 0.25) is 0 Å². The van der Waals surface area contributed by atoms with Gasteiger partial charge in [0, 0.05) is 5.56 Å². The van der Waals surface area contributed by atoms with Gasteiger partial charge in [-0.2, -0.15) is 0 Å². The average Bonchev–Trinajstić information content (AvgIpc) is 3.47. The van der Waals surface area contributed by atoms with Gasteiger partial charge in [-0.05, 0) is 71.3 Å². The topological polar surface area (TPSA) is 110 Å². The number of ether oxygens (including phenoxy) is 1. The summed E-state index contributed by atoms with van der Waals surface area (Å²) in [5.74, 6) is -2.09. The number of nitrogens with zero attached hydrogens (tertiary/aromatic N) is 1. The van der Waals surface area contributed by atoms with Crippen molar-refractivity contribution in [3.8, 4) is 28.0 Å². The molecular weight excluding hydrogens is 544 g/mol. The third-order valence-electron chi connectivity index (χ3n) is 7.49. The lowest BCUT2D eigenvalue weighted by Crippen LogP contribution is -2.29. The first kappa shape index (κ1) is 25.8. The van der Waals surface area contributed by atoms with Crippen LogP contribution in [0.1, 0.15) is 51.8 Å². The van der Waals surface area contributed by atoms with Crippen LogP contribution in [0.15, 0.2) is 115 Å². The fourth-order valence-electron chi connectivity index (χ4n) is 5.32. The molecule has 0 saturated heterocycles. The molecule has 0 spiro atoms. The molecule has 0 radical (unpaired) electrons. The van der Waals surface area contributed by atoms with Crippen LogP contribution in [0, 0.1) is 0 Å². The lowest BCUT2D eigenvalue weighted by atomic mass is 9.97. The van der Waals surface area contributed by atoms with Gasteiger partial charge in [-0.25, -0.2) is 9.69 Å². The number of hydrogen-bond acceptors (Lipinski definition) is 6. The predicted molar refractivity (Wildman–Crippen MR) is 158 cm³/mol. The molecule has 4 amide bonds. The lowest BCUT2D eigenvalue weighted by molar-refractivity contribution is 0.0734. The van der Waals surface area contributed by atoms with E-state index in [2.05, 4.69) is 5.32 Å². The zero-order valence-electron chi connectivity index (χ0n) is 22.4. The van der Waals surface area contributed by atoms with E-state index in [9.17, 15) is 24.0 Å². The second-order valence-corrected chi connectivity index (χ2v) is 10.0. The Morgan fingerprint density at radius 2 is 1.14 bits per heavy atom. The molecule has 0 unspecified atom stereocenters. The number of esters is 1. The number of hydrogen-bond donors (Lipinski definition) is 1. The fourth-order valence-corrected chi connectivity index (χ4v) is 5.32. The first-order valence-electron chi connectivity index (χ1n) is 13.4. The average molecular weight is 565 g/mol. The molecule has 8 nitrogen and oxygen atoms in total. The summed E-state index contributed by atoms with van der Waals surface area (Å²) in [6, 6.07) is 32.6. The number of carbonyl (C=O) groups is 5. The molecule has 0 saturated carbocycles. The third-order valence-corrected chi connectivity index (χ3v) is 7.49. The number of carbonyl (C=O) groups excluding carboxylic acids is 5. The SMILES string of the molecule is O=C(Oc1ccccc1-c1ccccc1)c1ccc(N2C(=O)c3ccc(-c4ccc5c(c4)C(=O)NC5=O)cc3C2=O)cc1. The van der Waals surface area contributed by atoms with Gasteiger partial charge < -0.3 is 4.74 Å². The monoisotopic (exact) mass is 564 g/mol. The Balaban J connectivity index is 1.12. The molecular formula is C35H20N2O6. The van der Waals surface area contributed by atoms with Gasteiger partial charge >= 0.3 is 5.97 Å². The van der Waals surface area contributed by atoms with Crippen molar-refractivity contribution in [1.82, 2.24) is 5.32 Å². The van der Waals surface area contributed by atoms with Crippen molar-refractivity contribution in [2.45, 2.75) is 0 Å². The van der Waals surface area contributed by atoms with Crippen molar-refractivity contribution in [3.05, 3.63) is 143 Å². The number of nitrogens with one attached hydrogen (secondary N) is 1. The quantitative estimate of drug-likeness (QED) is 0.161. The van der Waals surface area contributed by atoms with Crippen LogP contribution in [0.3, 0.4) is 0 Å². The van der Waals surface area contributed by atoms with Gasteiger partial charge in [-0.15, -0.1) is 0 Å². The van der Waals surface area contributed by atoms with Crippen molar-refractivity contribution in [2.24, 2.45) is 0 Å². The smallest absolute Gasteiger partial charge is 0.343 e. The van der Waals surface area contributed by atoms with Crippen molar-refractivity contribution in [3.63, 3.8) is 0 Å². The Morgan fingerprint density at radius 3 is 1.88 bits per heavy atom. The number of benzene rings is 5. The van der Waals surface area contributed by atoms with Crippen LogP contribution in [-0.4, -0.2) is 29.6 Å². The third kappa shape index (κ3) is 4.38.